The average molecular weight is 2710 g/mol. The van der Waals surface area contributed by atoms with E-state index in [-0.39, 0.29) is 19.8 Å². The molecule has 0 aromatic rings. The molecule has 0 saturated heterocycles. The maximum Gasteiger partial charge on any atom is 0.404 e. The fraction of sp³-hybridized carbons (Fsp3) is 0.643. The molecule has 0 spiro atoms. The number of aliphatic hydroxyl groups excluding tert-OH is 2. The third-order valence-electron chi connectivity index (χ3n) is 1.52. The Morgan fingerprint density at radius 3 is 1.60 bits per heavy atom. The van der Waals surface area contributed by atoms with Crippen molar-refractivity contribution in [1.82, 2.24) is 5.32 Å². The molecule has 0 aliphatic carbocycles. The van der Waals surface area contributed by atoms with Crippen molar-refractivity contribution < 1.29 is 24.5 Å². The van der Waals surface area contributed by atoms with E-state index in [0.29, 0.717) is 19.5 Å². The quantitative estimate of drug-likeness (QED) is 0.146. The predicted molar refractivity (Wildman–Crippen MR) is 81.0 cm³/mol. The maximum absolute atomic E-state index is 10.7. The van der Waals surface area contributed by atoms with Crippen molar-refractivity contribution in [2.24, 2.45) is 4.99 Å². The molecule has 30 heavy (non-hydrogen) atoms. The number of alkyl carbamates (subject to hydrolysis) is 1. The van der Waals surface area contributed by atoms with Gasteiger partial charge in [-0.05, 0) is 20.5 Å². The van der Waals surface area contributed by atoms with Gasteiger partial charge in [-0.2, -0.15) is 6.92 Å². The summed E-state index contributed by atoms with van der Waals surface area (Å²) in [5.41, 5.74) is 0. The van der Waals surface area contributed by atoms with E-state index in [1.165, 1.54) is 6.08 Å². The largest absolute Gasteiger partial charge is 0.483 e. The van der Waals surface area contributed by atoms with Gasteiger partial charge in [0.2, 0.25) is 6.08 Å². The van der Waals surface area contributed by atoms with Crippen LogP contribution in [0.1, 0.15) is 27.2 Å². The third-order valence-corrected chi connectivity index (χ3v) is 1.52. The number of aliphatic hydroxyl groups is 2. The summed E-state index contributed by atoms with van der Waals surface area (Å²) >= 11 is 0. The molecule has 0 bridgehead atoms. The monoisotopic (exact) mass is 2710 g/mol. The normalized spacial score (nSPS) is 5.77. The van der Waals surface area contributed by atoms with Crippen LogP contribution in [0.4, 0.5) is 4.79 Å². The van der Waals surface area contributed by atoms with E-state index in [0.717, 1.165) is 0 Å². The zero-order valence-corrected chi connectivity index (χ0v) is 77.0. The average Bonchev–Trinajstić information content (AvgIpc) is 2.49. The van der Waals surface area contributed by atoms with Gasteiger partial charge in [-0.1, -0.05) is 13.2 Å². The SMILES string of the molecule is CCN=C=O.CCNC(=O)OC[CH-]C[CH-]CO.C[CH-]CO.[Rf].[Rf].[Rf].[Rf].[Rf].[Rf].[Rf].[Rf].[Rf]. The van der Waals surface area contributed by atoms with Gasteiger partial charge in [-0.25, -0.2) is 14.6 Å². The molecular weight excluding hydrogens is 2680 g/mol. The number of aliphatic imine (C=N–C) groups is 1. The fourth-order valence-electron chi connectivity index (χ4n) is 0.655. The fourth-order valence-corrected chi connectivity index (χ4v) is 0.655. The van der Waals surface area contributed by atoms with Crippen LogP contribution in [-0.4, -0.2) is 55.3 Å². The van der Waals surface area contributed by atoms with Gasteiger partial charge >= 0.3 is 6.09 Å². The molecule has 144 valence electrons. The standard InChI is InChI=1S/C8H15NO3.C3H5NO.C3H7O.9Rf/c1-2-9-8(11)12-7-5-3-4-6-10;1-2-4-3-5;1-2-3-4;;;;;;;;;/h4-5,10H,2-3,6-7H2,1H3,(H,9,11);2H2,1H3;2,4H,3H2,1H3;;;;;;;;;/q-2;;-1;;;;;;;;;. The molecule has 0 unspecified atom stereocenters. The van der Waals surface area contributed by atoms with E-state index in [4.69, 9.17) is 19.7 Å². The summed E-state index contributed by atoms with van der Waals surface area (Å²) in [5, 5.41) is 18.7. The van der Waals surface area contributed by atoms with Crippen LogP contribution in [0.25, 0.3) is 0 Å². The van der Waals surface area contributed by atoms with E-state index >= 15 is 0 Å². The van der Waals surface area contributed by atoms with Gasteiger partial charge in [0.25, 0.3) is 0 Å². The number of amides is 1. The number of hydrogen-bond donors (Lipinski definition) is 3. The molecule has 0 heterocycles. The molecule has 0 saturated carbocycles. The number of carbonyl (C=O) groups is 1. The molecule has 0 fully saturated rings. The van der Waals surface area contributed by atoms with E-state index in [1.54, 1.807) is 33.1 Å². The summed E-state index contributed by atoms with van der Waals surface area (Å²) in [6, 6.07) is 0. The van der Waals surface area contributed by atoms with E-state index in [1.807, 2.05) is 6.92 Å². The summed E-state index contributed by atoms with van der Waals surface area (Å²) < 4.78 is 4.72. The summed E-state index contributed by atoms with van der Waals surface area (Å²) in [5.74, 6) is 0. The summed E-state index contributed by atoms with van der Waals surface area (Å²) in [6.45, 7) is 7.06. The first kappa shape index (κ1) is 118. The molecule has 3 N–H and O–H groups in total. The van der Waals surface area contributed by atoms with Gasteiger partial charge in [0.1, 0.15) is 0 Å². The van der Waals surface area contributed by atoms with Crippen LogP contribution in [0, 0.1) is 19.3 Å². The van der Waals surface area contributed by atoms with Crippen molar-refractivity contribution in [3.8, 4) is 0 Å². The van der Waals surface area contributed by atoms with E-state index in [2.05, 4.69) is 10.3 Å². The number of rotatable bonds is 8. The van der Waals surface area contributed by atoms with Crippen LogP contribution in [0.5, 0.6) is 0 Å². The number of hydrogen-bond acceptors (Lipinski definition) is 6. The van der Waals surface area contributed by atoms with Gasteiger partial charge in [0.15, 0.2) is 0 Å². The van der Waals surface area contributed by atoms with Gasteiger partial charge in [-0.15, -0.1) is 0 Å². The van der Waals surface area contributed by atoms with Crippen LogP contribution >= 0.6 is 0 Å². The van der Waals surface area contributed by atoms with Gasteiger partial charge in [0, 0.05) is 13.1 Å². The van der Waals surface area contributed by atoms with Crippen LogP contribution in [-0.2, 0) is 9.53 Å². The Labute approximate surface area is 127 Å². The second-order valence-electron chi connectivity index (χ2n) is 3.28. The zero-order chi connectivity index (χ0) is 16.8. The molecule has 0 atom stereocenters. The molecule has 0 aliphatic heterocycles. The molecule has 1 amide bonds. The first-order valence-corrected chi connectivity index (χ1v) is 6.71. The second-order valence-corrected chi connectivity index (χ2v) is 3.28. The number of carbonyl (C=O) groups excluding carboxylic acids is 2. The first-order valence-electron chi connectivity index (χ1n) is 6.71. The summed E-state index contributed by atoms with van der Waals surface area (Å²) in [6.07, 6.45) is 6.77. The molecule has 0 radical (unpaired) electrons. The van der Waals surface area contributed by atoms with Gasteiger partial charge in [-0.3, -0.25) is 0 Å². The van der Waals surface area contributed by atoms with Crippen LogP contribution in [0.2, 0.25) is 0 Å². The van der Waals surface area contributed by atoms with Crippen molar-refractivity contribution in [3.05, 3.63) is 19.3 Å². The topological polar surface area (TPSA) is 108 Å². The first-order chi connectivity index (χ1) is 10.1. The molecule has 7 nitrogen and oxygen atoms in total. The minimum Gasteiger partial charge on any atom is -0.483 e. The van der Waals surface area contributed by atoms with Gasteiger partial charge < -0.3 is 45.9 Å². The number of isocyanates is 1. The van der Waals surface area contributed by atoms with Crippen LogP contribution in [0.3, 0.4) is 0 Å². The van der Waals surface area contributed by atoms with Gasteiger partial charge in [0.05, 0.1) is 0 Å². The smallest absolute Gasteiger partial charge is 0.404 e. The van der Waals surface area contributed by atoms with Crippen molar-refractivity contribution in [2.75, 3.05) is 32.9 Å². The number of nitrogens with one attached hydrogen (secondary N) is 1. The molecule has 16 heteroatoms. The van der Waals surface area contributed by atoms with Crippen LogP contribution < -0.4 is 5.32 Å². The van der Waals surface area contributed by atoms with E-state index in [9.17, 15) is 4.79 Å². The molecule has 0 rings (SSSR count). The molecule has 0 aliphatic rings. The Kier molecular flexibility index (Phi) is 725. The van der Waals surface area contributed by atoms with Crippen molar-refractivity contribution in [3.63, 3.8) is 0 Å². The van der Waals surface area contributed by atoms with E-state index < -0.39 is 6.09 Å². The van der Waals surface area contributed by atoms with Crippen LogP contribution in [0.15, 0.2) is 4.99 Å². The number of unbranched alkanes of at least 4 members (excludes halogenated alkanes) is 2. The second kappa shape index (κ2) is 185. The minimum atomic E-state index is -0.405. The number of nitrogens with zero attached hydrogens (tertiary/aromatic N) is 1. The third kappa shape index (κ3) is 730. The maximum atomic E-state index is 10.7. The Morgan fingerprint density at radius 2 is 1.37 bits per heavy atom. The summed E-state index contributed by atoms with van der Waals surface area (Å²) in [4.78, 5) is 22.9. The summed E-state index contributed by atoms with van der Waals surface area (Å²) in [7, 11) is 0. The molecule has 0 aromatic carbocycles. The molecule has 0 aromatic heterocycles. The minimum absolute atomic E-state index is 0. The predicted octanol–water partition coefficient (Wildman–Crippen LogP) is 1.07. The Balaban J connectivity index is -0.0000000160. The molecular formula is C14H27N2O5Rf9-3. The Hall–Kier alpha value is -10.4. The van der Waals surface area contributed by atoms with Crippen molar-refractivity contribution in [2.45, 2.75) is 27.2 Å². The number of ether oxygens (including phenoxy) is 1. The van der Waals surface area contributed by atoms with Crippen molar-refractivity contribution >= 4 is 12.2 Å². The Bertz CT molecular complexity index is 268. The van der Waals surface area contributed by atoms with Crippen molar-refractivity contribution in [1.29, 1.82) is 0 Å². The Morgan fingerprint density at radius 1 is 0.933 bits per heavy atom. The zero-order valence-electron chi connectivity index (χ0n) is 19.4.